The van der Waals surface area contributed by atoms with Gasteiger partial charge in [-0.15, -0.1) is 11.3 Å². The Hall–Kier alpha value is -1.70. The molecule has 21 heavy (non-hydrogen) atoms. The van der Waals surface area contributed by atoms with Crippen molar-refractivity contribution in [2.45, 2.75) is 6.54 Å². The maximum atomic E-state index is 5.47. The predicted octanol–water partition coefficient (Wildman–Crippen LogP) is 3.38. The molecule has 2 aromatic heterocycles. The number of aromatic nitrogens is 2. The van der Waals surface area contributed by atoms with E-state index in [2.05, 4.69) is 47.7 Å². The maximum absolute atomic E-state index is 5.47. The average Bonchev–Trinajstić information content (AvgIpc) is 2.91. The smallest absolute Gasteiger partial charge is 0.239 e. The molecule has 108 valence electrons. The van der Waals surface area contributed by atoms with Gasteiger partial charge in [0.2, 0.25) is 5.95 Å². The SMILES string of the molecule is CN(Cc1csc(Br)c1)c1nc(NN)nc2ccccc12. The van der Waals surface area contributed by atoms with Crippen LogP contribution in [0.5, 0.6) is 0 Å². The number of nitrogen functional groups attached to an aromatic ring is 1. The fraction of sp³-hybridized carbons (Fsp3) is 0.143. The average molecular weight is 364 g/mol. The minimum Gasteiger partial charge on any atom is -0.355 e. The Labute approximate surface area is 134 Å². The molecule has 0 saturated carbocycles. The minimum atomic E-state index is 0.419. The zero-order chi connectivity index (χ0) is 14.8. The second-order valence-electron chi connectivity index (χ2n) is 4.65. The highest BCUT2D eigenvalue weighted by molar-refractivity contribution is 9.11. The number of hydrogen-bond acceptors (Lipinski definition) is 6. The van der Waals surface area contributed by atoms with Gasteiger partial charge in [0.05, 0.1) is 9.30 Å². The van der Waals surface area contributed by atoms with Crippen molar-refractivity contribution in [2.24, 2.45) is 5.84 Å². The number of hydrogen-bond donors (Lipinski definition) is 2. The van der Waals surface area contributed by atoms with Crippen LogP contribution in [0.25, 0.3) is 10.9 Å². The number of anilines is 2. The first-order chi connectivity index (χ1) is 10.2. The molecule has 1 aromatic carbocycles. The van der Waals surface area contributed by atoms with Crippen molar-refractivity contribution >= 4 is 49.9 Å². The third-order valence-electron chi connectivity index (χ3n) is 3.12. The van der Waals surface area contributed by atoms with Crippen LogP contribution in [-0.2, 0) is 6.54 Å². The molecule has 0 unspecified atom stereocenters. The van der Waals surface area contributed by atoms with Crippen molar-refractivity contribution in [3.8, 4) is 0 Å². The molecule has 0 fully saturated rings. The second kappa shape index (κ2) is 5.97. The van der Waals surface area contributed by atoms with Crippen LogP contribution in [0.15, 0.2) is 39.5 Å². The van der Waals surface area contributed by atoms with Gasteiger partial charge in [-0.1, -0.05) is 12.1 Å². The first-order valence-electron chi connectivity index (χ1n) is 6.35. The van der Waals surface area contributed by atoms with Gasteiger partial charge in [0, 0.05) is 19.0 Å². The molecular formula is C14H14BrN5S. The Morgan fingerprint density at radius 1 is 1.33 bits per heavy atom. The highest BCUT2D eigenvalue weighted by Crippen LogP contribution is 2.27. The van der Waals surface area contributed by atoms with Crippen LogP contribution in [0.1, 0.15) is 5.56 Å². The molecule has 0 bridgehead atoms. The van der Waals surface area contributed by atoms with Crippen LogP contribution in [0.2, 0.25) is 0 Å². The lowest BCUT2D eigenvalue weighted by molar-refractivity contribution is 0.903. The van der Waals surface area contributed by atoms with Gasteiger partial charge < -0.3 is 4.90 Å². The van der Waals surface area contributed by atoms with E-state index >= 15 is 0 Å². The van der Waals surface area contributed by atoms with Crippen molar-refractivity contribution in [3.05, 3.63) is 45.1 Å². The van der Waals surface area contributed by atoms with E-state index in [1.54, 1.807) is 11.3 Å². The summed E-state index contributed by atoms with van der Waals surface area (Å²) in [5, 5.41) is 3.14. The standard InChI is InChI=1S/C14H14BrN5S/c1-20(7-9-6-12(15)21-8-9)13-10-4-2-3-5-11(10)17-14(18-13)19-16/h2-6,8H,7,16H2,1H3,(H,17,18,19). The molecule has 0 saturated heterocycles. The summed E-state index contributed by atoms with van der Waals surface area (Å²) in [7, 11) is 2.01. The molecule has 0 aliphatic heterocycles. The van der Waals surface area contributed by atoms with Crippen molar-refractivity contribution in [1.82, 2.24) is 9.97 Å². The van der Waals surface area contributed by atoms with Crippen molar-refractivity contribution in [1.29, 1.82) is 0 Å². The monoisotopic (exact) mass is 363 g/mol. The number of thiophene rings is 1. The second-order valence-corrected chi connectivity index (χ2v) is 6.94. The number of para-hydroxylation sites is 1. The summed E-state index contributed by atoms with van der Waals surface area (Å²) >= 11 is 5.17. The number of benzene rings is 1. The lowest BCUT2D eigenvalue weighted by Gasteiger charge is -2.20. The minimum absolute atomic E-state index is 0.419. The molecule has 2 heterocycles. The van der Waals surface area contributed by atoms with Gasteiger partial charge in [0.15, 0.2) is 0 Å². The fourth-order valence-electron chi connectivity index (χ4n) is 2.19. The molecule has 3 rings (SSSR count). The lowest BCUT2D eigenvalue weighted by Crippen LogP contribution is -2.20. The molecule has 5 nitrogen and oxygen atoms in total. The number of hydrazine groups is 1. The van der Waals surface area contributed by atoms with E-state index in [1.807, 2.05) is 31.3 Å². The molecule has 0 atom stereocenters. The van der Waals surface area contributed by atoms with Crippen LogP contribution in [-0.4, -0.2) is 17.0 Å². The topological polar surface area (TPSA) is 67.1 Å². The molecule has 7 heteroatoms. The highest BCUT2D eigenvalue weighted by Gasteiger charge is 2.12. The summed E-state index contributed by atoms with van der Waals surface area (Å²) < 4.78 is 1.13. The quantitative estimate of drug-likeness (QED) is 0.549. The summed E-state index contributed by atoms with van der Waals surface area (Å²) in [5.41, 5.74) is 4.63. The van der Waals surface area contributed by atoms with Gasteiger partial charge in [-0.25, -0.2) is 10.8 Å². The molecule has 3 aromatic rings. The van der Waals surface area contributed by atoms with Gasteiger partial charge in [0.1, 0.15) is 5.82 Å². The van der Waals surface area contributed by atoms with Gasteiger partial charge in [0.25, 0.3) is 0 Å². The predicted molar refractivity (Wildman–Crippen MR) is 91.5 cm³/mol. The molecule has 0 amide bonds. The summed E-state index contributed by atoms with van der Waals surface area (Å²) in [6, 6.07) is 10.0. The molecule has 0 radical (unpaired) electrons. The molecular weight excluding hydrogens is 350 g/mol. The Kier molecular flexibility index (Phi) is 4.05. The van der Waals surface area contributed by atoms with Crippen molar-refractivity contribution in [3.63, 3.8) is 0 Å². The summed E-state index contributed by atoms with van der Waals surface area (Å²) in [6.45, 7) is 0.771. The van der Waals surface area contributed by atoms with Gasteiger partial charge >= 0.3 is 0 Å². The van der Waals surface area contributed by atoms with Crippen LogP contribution in [0.3, 0.4) is 0 Å². The van der Waals surface area contributed by atoms with E-state index in [-0.39, 0.29) is 0 Å². The van der Waals surface area contributed by atoms with Crippen molar-refractivity contribution in [2.75, 3.05) is 17.4 Å². The Balaban J connectivity index is 2.01. The molecule has 3 N–H and O–H groups in total. The van der Waals surface area contributed by atoms with Crippen LogP contribution >= 0.6 is 27.3 Å². The largest absolute Gasteiger partial charge is 0.355 e. The van der Waals surface area contributed by atoms with E-state index in [1.165, 1.54) is 5.56 Å². The zero-order valence-corrected chi connectivity index (χ0v) is 13.8. The summed E-state index contributed by atoms with van der Waals surface area (Å²) in [4.78, 5) is 11.0. The van der Waals surface area contributed by atoms with E-state index < -0.39 is 0 Å². The number of nitrogens with zero attached hydrogens (tertiary/aromatic N) is 3. The van der Waals surface area contributed by atoms with E-state index in [9.17, 15) is 0 Å². The summed E-state index contributed by atoms with van der Waals surface area (Å²) in [5.74, 6) is 6.74. The van der Waals surface area contributed by atoms with Gasteiger partial charge in [-0.05, 0) is 45.1 Å². The number of halogens is 1. The van der Waals surface area contributed by atoms with Gasteiger partial charge in [-0.3, -0.25) is 5.43 Å². The van der Waals surface area contributed by atoms with Gasteiger partial charge in [-0.2, -0.15) is 4.98 Å². The van der Waals surface area contributed by atoms with Crippen LogP contribution in [0.4, 0.5) is 11.8 Å². The molecule has 0 spiro atoms. The van der Waals surface area contributed by atoms with E-state index in [0.717, 1.165) is 27.1 Å². The first-order valence-corrected chi connectivity index (χ1v) is 8.02. The van der Waals surface area contributed by atoms with Crippen LogP contribution in [0, 0.1) is 0 Å². The Morgan fingerprint density at radius 2 is 2.14 bits per heavy atom. The first kappa shape index (κ1) is 14.2. The zero-order valence-electron chi connectivity index (χ0n) is 11.4. The Bertz CT molecular complexity index is 773. The number of nitrogens with one attached hydrogen (secondary N) is 1. The van der Waals surface area contributed by atoms with Crippen LogP contribution < -0.4 is 16.2 Å². The van der Waals surface area contributed by atoms with E-state index in [0.29, 0.717) is 5.95 Å². The van der Waals surface area contributed by atoms with Crippen molar-refractivity contribution < 1.29 is 0 Å². The third-order valence-corrected chi connectivity index (χ3v) is 4.67. The maximum Gasteiger partial charge on any atom is 0.239 e. The summed E-state index contributed by atoms with van der Waals surface area (Å²) in [6.07, 6.45) is 0. The molecule has 0 aliphatic rings. The lowest BCUT2D eigenvalue weighted by atomic mass is 10.2. The Morgan fingerprint density at radius 3 is 2.86 bits per heavy atom. The normalized spacial score (nSPS) is 10.8. The third kappa shape index (κ3) is 2.99. The number of nitrogens with two attached hydrogens (primary N) is 1. The number of fused-ring (bicyclic) bond motifs is 1. The number of rotatable bonds is 4. The molecule has 0 aliphatic carbocycles. The fourth-order valence-corrected chi connectivity index (χ4v) is 3.39. The highest BCUT2D eigenvalue weighted by atomic mass is 79.9. The van der Waals surface area contributed by atoms with E-state index in [4.69, 9.17) is 5.84 Å².